The highest BCUT2D eigenvalue weighted by atomic mass is 32.2. The van der Waals surface area contributed by atoms with Crippen molar-refractivity contribution < 1.29 is 13.2 Å². The summed E-state index contributed by atoms with van der Waals surface area (Å²) in [5.41, 5.74) is 2.74. The molecule has 0 saturated heterocycles. The molecule has 0 N–H and O–H groups in total. The summed E-state index contributed by atoms with van der Waals surface area (Å²) in [5.74, 6) is -0.0727. The van der Waals surface area contributed by atoms with E-state index in [9.17, 15) is 13.2 Å². The first kappa shape index (κ1) is 13.9. The summed E-state index contributed by atoms with van der Waals surface area (Å²) in [6.07, 6.45) is 2.37. The second-order valence-electron chi connectivity index (χ2n) is 4.55. The van der Waals surface area contributed by atoms with Crippen molar-refractivity contribution in [2.45, 2.75) is 38.0 Å². The fourth-order valence-corrected chi connectivity index (χ4v) is 2.87. The third kappa shape index (κ3) is 3.16. The van der Waals surface area contributed by atoms with E-state index < -0.39 is 9.84 Å². The number of carbonyl (C=O) groups is 1. The number of hydrogen-bond acceptors (Lipinski definition) is 3. The van der Waals surface area contributed by atoms with Crippen LogP contribution in [-0.2, 0) is 14.6 Å². The van der Waals surface area contributed by atoms with E-state index >= 15 is 0 Å². The van der Waals surface area contributed by atoms with Gasteiger partial charge in [-0.3, -0.25) is 0 Å². The van der Waals surface area contributed by atoms with E-state index in [-0.39, 0.29) is 5.92 Å². The van der Waals surface area contributed by atoms with Crippen LogP contribution in [0.3, 0.4) is 0 Å². The maximum absolute atomic E-state index is 11.7. The lowest BCUT2D eigenvalue weighted by atomic mass is 9.95. The number of rotatable bonds is 4. The first-order valence-electron chi connectivity index (χ1n) is 5.52. The molecule has 0 radical (unpaired) electrons. The average molecular weight is 254 g/mol. The molecule has 0 aliphatic rings. The van der Waals surface area contributed by atoms with Gasteiger partial charge in [-0.25, -0.2) is 8.42 Å². The molecule has 1 atom stereocenters. The van der Waals surface area contributed by atoms with Crippen molar-refractivity contribution >= 4 is 16.1 Å². The molecular weight excluding hydrogens is 236 g/mol. The molecule has 4 heteroatoms. The predicted molar refractivity (Wildman–Crippen MR) is 68.1 cm³/mol. The maximum Gasteiger partial charge on any atom is 0.175 e. The van der Waals surface area contributed by atoms with Crippen LogP contribution in [0.2, 0.25) is 0 Å². The summed E-state index contributed by atoms with van der Waals surface area (Å²) in [6.45, 7) is 5.70. The molecule has 0 amide bonds. The minimum Gasteiger partial charge on any atom is -0.303 e. The summed E-state index contributed by atoms with van der Waals surface area (Å²) in [7, 11) is -3.25. The molecule has 3 nitrogen and oxygen atoms in total. The topological polar surface area (TPSA) is 51.2 Å². The van der Waals surface area contributed by atoms with Gasteiger partial charge >= 0.3 is 0 Å². The van der Waals surface area contributed by atoms with Gasteiger partial charge in [0, 0.05) is 12.7 Å². The molecule has 0 heterocycles. The molecule has 0 aliphatic heterocycles. The summed E-state index contributed by atoms with van der Waals surface area (Å²) in [5, 5.41) is 0. The van der Waals surface area contributed by atoms with E-state index in [0.29, 0.717) is 11.3 Å². The Morgan fingerprint density at radius 1 is 1.24 bits per heavy atom. The van der Waals surface area contributed by atoms with E-state index in [0.717, 1.165) is 23.0 Å². The van der Waals surface area contributed by atoms with Crippen LogP contribution in [0.4, 0.5) is 0 Å². The van der Waals surface area contributed by atoms with Gasteiger partial charge in [-0.15, -0.1) is 0 Å². The quantitative estimate of drug-likeness (QED) is 0.775. The standard InChI is InChI=1S/C13H18O3S/c1-9(5-6-14)12-7-10(2)11(3)8-13(12)17(4,15)16/h6-9H,5H2,1-4H3. The second-order valence-corrected chi connectivity index (χ2v) is 6.53. The molecule has 1 aromatic rings. The number of aryl methyl sites for hydroxylation is 2. The van der Waals surface area contributed by atoms with E-state index in [1.165, 1.54) is 6.26 Å². The van der Waals surface area contributed by atoms with E-state index in [2.05, 4.69) is 0 Å². The molecule has 17 heavy (non-hydrogen) atoms. The molecule has 0 aromatic heterocycles. The molecule has 1 unspecified atom stereocenters. The lowest BCUT2D eigenvalue weighted by Crippen LogP contribution is -2.07. The zero-order valence-electron chi connectivity index (χ0n) is 10.6. The van der Waals surface area contributed by atoms with Gasteiger partial charge in [-0.2, -0.15) is 0 Å². The summed E-state index contributed by atoms with van der Waals surface area (Å²) < 4.78 is 23.5. The molecule has 0 saturated carbocycles. The van der Waals surface area contributed by atoms with E-state index in [4.69, 9.17) is 0 Å². The van der Waals surface area contributed by atoms with Gasteiger partial charge in [0.25, 0.3) is 0 Å². The third-order valence-corrected chi connectivity index (χ3v) is 4.16. The second kappa shape index (κ2) is 5.00. The fourth-order valence-electron chi connectivity index (χ4n) is 1.79. The highest BCUT2D eigenvalue weighted by Crippen LogP contribution is 2.28. The predicted octanol–water partition coefficient (Wildman–Crippen LogP) is 2.40. The molecule has 0 fully saturated rings. The number of carbonyl (C=O) groups excluding carboxylic acids is 1. The largest absolute Gasteiger partial charge is 0.303 e. The molecule has 0 bridgehead atoms. The highest BCUT2D eigenvalue weighted by Gasteiger charge is 2.18. The molecule has 94 valence electrons. The molecule has 0 aliphatic carbocycles. The first-order chi connectivity index (χ1) is 7.77. The van der Waals surface area contributed by atoms with Crippen molar-refractivity contribution in [2.24, 2.45) is 0 Å². The number of sulfone groups is 1. The van der Waals surface area contributed by atoms with Gasteiger partial charge in [0.2, 0.25) is 0 Å². The highest BCUT2D eigenvalue weighted by molar-refractivity contribution is 7.90. The van der Waals surface area contributed by atoms with Gasteiger partial charge in [0.05, 0.1) is 4.90 Å². The monoisotopic (exact) mass is 254 g/mol. The van der Waals surface area contributed by atoms with Crippen molar-refractivity contribution in [3.63, 3.8) is 0 Å². The lowest BCUT2D eigenvalue weighted by molar-refractivity contribution is -0.108. The number of aldehydes is 1. The van der Waals surface area contributed by atoms with Gasteiger partial charge in [-0.1, -0.05) is 13.0 Å². The first-order valence-corrected chi connectivity index (χ1v) is 7.41. The Labute approximate surface area is 103 Å². The van der Waals surface area contributed by atoms with Gasteiger partial charge < -0.3 is 4.79 Å². The minimum atomic E-state index is -3.25. The van der Waals surface area contributed by atoms with E-state index in [1.54, 1.807) is 6.07 Å². The van der Waals surface area contributed by atoms with Crippen LogP contribution in [0.1, 0.15) is 36.0 Å². The van der Waals surface area contributed by atoms with Gasteiger partial charge in [-0.05, 0) is 42.5 Å². The molecule has 0 spiro atoms. The minimum absolute atomic E-state index is 0.0727. The van der Waals surface area contributed by atoms with Gasteiger partial charge in [0.15, 0.2) is 9.84 Å². The summed E-state index contributed by atoms with van der Waals surface area (Å²) in [6, 6.07) is 3.57. The maximum atomic E-state index is 11.7. The third-order valence-electron chi connectivity index (χ3n) is 3.01. The number of benzene rings is 1. The van der Waals surface area contributed by atoms with Crippen LogP contribution >= 0.6 is 0 Å². The van der Waals surface area contributed by atoms with Crippen molar-refractivity contribution in [1.29, 1.82) is 0 Å². The Morgan fingerprint density at radius 2 is 1.76 bits per heavy atom. The van der Waals surface area contributed by atoms with Crippen molar-refractivity contribution in [2.75, 3.05) is 6.26 Å². The Morgan fingerprint density at radius 3 is 2.24 bits per heavy atom. The lowest BCUT2D eigenvalue weighted by Gasteiger charge is -2.16. The summed E-state index contributed by atoms with van der Waals surface area (Å²) >= 11 is 0. The Kier molecular flexibility index (Phi) is 4.09. The van der Waals surface area contributed by atoms with Crippen LogP contribution in [0.25, 0.3) is 0 Å². The van der Waals surface area contributed by atoms with Crippen LogP contribution in [0.5, 0.6) is 0 Å². The van der Waals surface area contributed by atoms with Crippen LogP contribution in [0, 0.1) is 13.8 Å². The Balaban J connectivity index is 3.46. The molecule has 1 aromatic carbocycles. The molecule has 1 rings (SSSR count). The number of hydrogen-bond donors (Lipinski definition) is 0. The van der Waals surface area contributed by atoms with Gasteiger partial charge in [0.1, 0.15) is 6.29 Å². The zero-order chi connectivity index (χ0) is 13.2. The van der Waals surface area contributed by atoms with Crippen LogP contribution in [0.15, 0.2) is 17.0 Å². The van der Waals surface area contributed by atoms with Crippen molar-refractivity contribution in [1.82, 2.24) is 0 Å². The fraction of sp³-hybridized carbons (Fsp3) is 0.462. The van der Waals surface area contributed by atoms with Crippen molar-refractivity contribution in [3.8, 4) is 0 Å². The average Bonchev–Trinajstić information content (AvgIpc) is 2.20. The Bertz CT molecular complexity index is 530. The Hall–Kier alpha value is -1.16. The normalized spacial score (nSPS) is 13.4. The molecular formula is C13H18O3S. The smallest absolute Gasteiger partial charge is 0.175 e. The van der Waals surface area contributed by atoms with Crippen molar-refractivity contribution in [3.05, 3.63) is 28.8 Å². The van der Waals surface area contributed by atoms with Crippen LogP contribution < -0.4 is 0 Å². The van der Waals surface area contributed by atoms with E-state index in [1.807, 2.05) is 26.8 Å². The van der Waals surface area contributed by atoms with Crippen LogP contribution in [-0.4, -0.2) is 21.0 Å². The summed E-state index contributed by atoms with van der Waals surface area (Å²) in [4.78, 5) is 10.9. The zero-order valence-corrected chi connectivity index (χ0v) is 11.5. The SMILES string of the molecule is Cc1cc(C(C)CC=O)c(S(C)(=O)=O)cc1C.